The molecular formula is C34H40N2O8S. The first-order valence-corrected chi connectivity index (χ1v) is 15.6. The van der Waals surface area contributed by atoms with Crippen LogP contribution in [0.2, 0.25) is 0 Å². The van der Waals surface area contributed by atoms with Gasteiger partial charge >= 0.3 is 11.9 Å². The second-order valence-electron chi connectivity index (χ2n) is 11.5. The number of fused-ring (bicyclic) bond motifs is 1. The highest BCUT2D eigenvalue weighted by atomic mass is 32.1. The molecular weight excluding hydrogens is 596 g/mol. The molecule has 1 aromatic heterocycles. The molecule has 0 saturated carbocycles. The largest absolute Gasteiger partial charge is 0.493 e. The van der Waals surface area contributed by atoms with Gasteiger partial charge in [-0.25, -0.2) is 9.79 Å². The fraction of sp³-hybridized carbons (Fsp3) is 0.412. The zero-order valence-corrected chi connectivity index (χ0v) is 27.8. The van der Waals surface area contributed by atoms with Crippen LogP contribution in [0.1, 0.15) is 65.1 Å². The highest BCUT2D eigenvalue weighted by molar-refractivity contribution is 7.07. The number of thiazole rings is 1. The van der Waals surface area contributed by atoms with Crippen molar-refractivity contribution in [3.05, 3.63) is 78.5 Å². The molecule has 2 aromatic carbocycles. The summed E-state index contributed by atoms with van der Waals surface area (Å²) in [4.78, 5) is 44.3. The maximum Gasteiger partial charge on any atom is 0.338 e. The molecule has 0 aliphatic carbocycles. The lowest BCUT2D eigenvalue weighted by Crippen LogP contribution is -2.40. The minimum Gasteiger partial charge on any atom is -0.493 e. The van der Waals surface area contributed by atoms with E-state index in [0.29, 0.717) is 44.6 Å². The Morgan fingerprint density at radius 1 is 0.978 bits per heavy atom. The van der Waals surface area contributed by atoms with Crippen molar-refractivity contribution >= 4 is 29.4 Å². The van der Waals surface area contributed by atoms with Gasteiger partial charge in [-0.2, -0.15) is 0 Å². The third-order valence-corrected chi connectivity index (χ3v) is 7.97. The number of ether oxygens (including phenoxy) is 5. The van der Waals surface area contributed by atoms with E-state index >= 15 is 0 Å². The summed E-state index contributed by atoms with van der Waals surface area (Å²) < 4.78 is 29.8. The van der Waals surface area contributed by atoms with Crippen molar-refractivity contribution in [1.82, 2.24) is 4.57 Å². The smallest absolute Gasteiger partial charge is 0.338 e. The van der Waals surface area contributed by atoms with Crippen LogP contribution >= 0.6 is 11.3 Å². The maximum absolute atomic E-state index is 14.1. The molecule has 1 aliphatic rings. The Labute approximate surface area is 266 Å². The van der Waals surface area contributed by atoms with Gasteiger partial charge in [-0.05, 0) is 66.6 Å². The molecule has 0 N–H and O–H groups in total. The Balaban J connectivity index is 1.84. The minimum absolute atomic E-state index is 0.113. The lowest BCUT2D eigenvalue weighted by atomic mass is 9.95. The van der Waals surface area contributed by atoms with Gasteiger partial charge in [0.1, 0.15) is 0 Å². The number of hydrogen-bond donors (Lipinski definition) is 0. The van der Waals surface area contributed by atoms with Gasteiger partial charge in [-0.1, -0.05) is 51.2 Å². The predicted octanol–water partition coefficient (Wildman–Crippen LogP) is 4.80. The van der Waals surface area contributed by atoms with E-state index < -0.39 is 18.0 Å². The Hall–Kier alpha value is -4.38. The average molecular weight is 637 g/mol. The number of allylic oxidation sites excluding steroid dienone is 1. The summed E-state index contributed by atoms with van der Waals surface area (Å²) in [7, 11) is 3.03. The summed E-state index contributed by atoms with van der Waals surface area (Å²) >= 11 is 1.22. The lowest BCUT2D eigenvalue weighted by molar-refractivity contribution is -0.140. The normalized spacial score (nSPS) is 14.7. The van der Waals surface area contributed by atoms with Crippen molar-refractivity contribution in [1.29, 1.82) is 0 Å². The molecule has 0 spiro atoms. The number of esters is 2. The molecule has 1 aliphatic heterocycles. The van der Waals surface area contributed by atoms with Crippen LogP contribution in [0.25, 0.3) is 6.08 Å². The second-order valence-corrected chi connectivity index (χ2v) is 12.5. The number of aromatic nitrogens is 1. The monoisotopic (exact) mass is 636 g/mol. The van der Waals surface area contributed by atoms with Gasteiger partial charge in [0, 0.05) is 6.92 Å². The van der Waals surface area contributed by atoms with Crippen molar-refractivity contribution in [2.24, 2.45) is 16.8 Å². The first-order valence-electron chi connectivity index (χ1n) is 14.8. The number of nitrogens with zero attached hydrogens (tertiary/aromatic N) is 2. The minimum atomic E-state index is -0.866. The highest BCUT2D eigenvalue weighted by Crippen LogP contribution is 2.36. The Bertz CT molecular complexity index is 1780. The van der Waals surface area contributed by atoms with Gasteiger partial charge in [0.25, 0.3) is 5.56 Å². The number of rotatable bonds is 12. The van der Waals surface area contributed by atoms with Crippen LogP contribution in [-0.2, 0) is 14.3 Å². The summed E-state index contributed by atoms with van der Waals surface area (Å²) in [5.41, 5.74) is 1.65. The fourth-order valence-electron chi connectivity index (χ4n) is 4.76. The van der Waals surface area contributed by atoms with Gasteiger partial charge < -0.3 is 23.7 Å². The molecule has 0 bridgehead atoms. The van der Waals surface area contributed by atoms with Gasteiger partial charge in [-0.3, -0.25) is 14.2 Å². The third-order valence-electron chi connectivity index (χ3n) is 6.98. The molecule has 4 rings (SSSR count). The Morgan fingerprint density at radius 2 is 1.67 bits per heavy atom. The summed E-state index contributed by atoms with van der Waals surface area (Å²) in [5, 5.41) is 0. The van der Waals surface area contributed by atoms with Crippen LogP contribution in [0.5, 0.6) is 23.0 Å². The van der Waals surface area contributed by atoms with Crippen molar-refractivity contribution in [3.8, 4) is 23.0 Å². The molecule has 2 heterocycles. The molecule has 11 heteroatoms. The Morgan fingerprint density at radius 3 is 2.31 bits per heavy atom. The number of carbonyl (C=O) groups is 2. The van der Waals surface area contributed by atoms with Crippen LogP contribution < -0.4 is 33.8 Å². The van der Waals surface area contributed by atoms with E-state index in [1.165, 1.54) is 29.9 Å². The van der Waals surface area contributed by atoms with Gasteiger partial charge in [0.2, 0.25) is 0 Å². The SMILES string of the molecule is COc1cc(/C=c2\sc3n(c2=O)[C@H](c2ccc(OC(C)=O)c(OC)c2)C(C(=O)OCC(C)C)=C(C)N=3)ccc1OCCC(C)C. The van der Waals surface area contributed by atoms with Crippen LogP contribution in [0.4, 0.5) is 0 Å². The number of methoxy groups -OCH3 is 2. The zero-order chi connectivity index (χ0) is 32.8. The van der Waals surface area contributed by atoms with Crippen LogP contribution in [0.15, 0.2) is 57.5 Å². The van der Waals surface area contributed by atoms with Crippen LogP contribution in [0, 0.1) is 11.8 Å². The van der Waals surface area contributed by atoms with E-state index in [4.69, 9.17) is 23.7 Å². The average Bonchev–Trinajstić information content (AvgIpc) is 3.29. The molecule has 0 unspecified atom stereocenters. The first kappa shape index (κ1) is 33.5. The van der Waals surface area contributed by atoms with E-state index in [2.05, 4.69) is 18.8 Å². The molecule has 0 amide bonds. The zero-order valence-electron chi connectivity index (χ0n) is 27.0. The third kappa shape index (κ3) is 7.83. The van der Waals surface area contributed by atoms with Crippen LogP contribution in [-0.4, -0.2) is 43.9 Å². The summed E-state index contributed by atoms with van der Waals surface area (Å²) in [6, 6.07) is 9.57. The maximum atomic E-state index is 14.1. The van der Waals surface area contributed by atoms with Crippen molar-refractivity contribution in [3.63, 3.8) is 0 Å². The standard InChI is InChI=1S/C34H40N2O8S/c1-19(2)13-14-42-25-11-9-23(15-27(25)40-7)16-29-32(38)36-31(24-10-12-26(44-22(6)37)28(17-24)41-8)30(21(5)35-34(36)45-29)33(39)43-18-20(3)4/h9-12,15-17,19-20,31H,13-14,18H2,1-8H3/b29-16-/t31-/m1/s1. The summed E-state index contributed by atoms with van der Waals surface area (Å²) in [6.07, 6.45) is 2.68. The molecule has 1 atom stereocenters. The van der Waals surface area contributed by atoms with E-state index in [-0.39, 0.29) is 35.2 Å². The molecule has 240 valence electrons. The summed E-state index contributed by atoms with van der Waals surface area (Å²) in [5.74, 6) is 1.24. The highest BCUT2D eigenvalue weighted by Gasteiger charge is 2.34. The fourth-order valence-corrected chi connectivity index (χ4v) is 5.81. The number of hydrogen-bond acceptors (Lipinski definition) is 10. The van der Waals surface area contributed by atoms with Gasteiger partial charge in [0.05, 0.1) is 49.3 Å². The van der Waals surface area contributed by atoms with E-state index in [1.54, 1.807) is 38.3 Å². The van der Waals surface area contributed by atoms with Crippen LogP contribution in [0.3, 0.4) is 0 Å². The molecule has 45 heavy (non-hydrogen) atoms. The second kappa shape index (κ2) is 14.6. The van der Waals surface area contributed by atoms with Crippen molar-refractivity contribution < 1.29 is 33.3 Å². The molecule has 3 aromatic rings. The lowest BCUT2D eigenvalue weighted by Gasteiger charge is -2.25. The quantitative estimate of drug-likeness (QED) is 0.206. The van der Waals surface area contributed by atoms with Crippen molar-refractivity contribution in [2.75, 3.05) is 27.4 Å². The number of carbonyl (C=O) groups excluding carboxylic acids is 2. The molecule has 0 saturated heterocycles. The van der Waals surface area contributed by atoms with Crippen molar-refractivity contribution in [2.45, 2.75) is 54.0 Å². The van der Waals surface area contributed by atoms with E-state index in [0.717, 1.165) is 12.0 Å². The summed E-state index contributed by atoms with van der Waals surface area (Å²) in [6.45, 7) is 12.0. The molecule has 0 fully saturated rings. The van der Waals surface area contributed by atoms with Gasteiger partial charge in [0.15, 0.2) is 27.8 Å². The van der Waals surface area contributed by atoms with Gasteiger partial charge in [-0.15, -0.1) is 0 Å². The topological polar surface area (TPSA) is 115 Å². The van der Waals surface area contributed by atoms with E-state index in [9.17, 15) is 14.4 Å². The van der Waals surface area contributed by atoms with E-state index in [1.807, 2.05) is 32.0 Å². The molecule has 10 nitrogen and oxygen atoms in total. The Kier molecular flexibility index (Phi) is 10.9. The predicted molar refractivity (Wildman–Crippen MR) is 172 cm³/mol. The molecule has 0 radical (unpaired) electrons. The number of benzene rings is 2. The first-order chi connectivity index (χ1) is 21.4.